The summed E-state index contributed by atoms with van der Waals surface area (Å²) >= 11 is 4.96. The van der Waals surface area contributed by atoms with Crippen LogP contribution >= 0.6 is 27.3 Å². The molecule has 12 heavy (non-hydrogen) atoms. The predicted molar refractivity (Wildman–Crippen MR) is 56.0 cm³/mol. The van der Waals surface area contributed by atoms with Gasteiger partial charge in [0, 0.05) is 0 Å². The Morgan fingerprint density at radius 2 is 2.42 bits per heavy atom. The van der Waals surface area contributed by atoms with Crippen LogP contribution < -0.4 is 0 Å². The Morgan fingerprint density at radius 1 is 1.67 bits per heavy atom. The van der Waals surface area contributed by atoms with Gasteiger partial charge in [0.1, 0.15) is 0 Å². The van der Waals surface area contributed by atoms with Gasteiger partial charge in [-0.1, -0.05) is 13.3 Å². The van der Waals surface area contributed by atoms with Crippen LogP contribution in [0.3, 0.4) is 0 Å². The van der Waals surface area contributed by atoms with Gasteiger partial charge in [-0.15, -0.1) is 11.3 Å². The van der Waals surface area contributed by atoms with Crippen molar-refractivity contribution in [2.75, 3.05) is 0 Å². The molecule has 0 spiro atoms. The number of carbonyl (C=O) groups is 1. The van der Waals surface area contributed by atoms with Crippen molar-refractivity contribution in [3.8, 4) is 0 Å². The molecule has 1 rings (SSSR count). The predicted octanol–water partition coefficient (Wildman–Crippen LogP) is 3.67. The molecular weight excluding hydrogens is 236 g/mol. The summed E-state index contributed by atoms with van der Waals surface area (Å²) in [7, 11) is 0. The molecule has 0 aliphatic rings. The summed E-state index contributed by atoms with van der Waals surface area (Å²) in [6.45, 7) is 2.17. The highest BCUT2D eigenvalue weighted by atomic mass is 79.9. The Morgan fingerprint density at radius 3 is 2.92 bits per heavy atom. The minimum Gasteiger partial charge on any atom is -0.297 e. The monoisotopic (exact) mass is 246 g/mol. The summed E-state index contributed by atoms with van der Waals surface area (Å²) in [5.41, 5.74) is 1.27. The second-order valence-electron chi connectivity index (χ2n) is 2.67. The molecule has 0 aliphatic heterocycles. The van der Waals surface area contributed by atoms with E-state index in [2.05, 4.69) is 22.9 Å². The third kappa shape index (κ3) is 2.42. The highest BCUT2D eigenvalue weighted by molar-refractivity contribution is 9.11. The van der Waals surface area contributed by atoms with E-state index in [0.29, 0.717) is 0 Å². The molecule has 0 N–H and O–H groups in total. The molecule has 3 heteroatoms. The molecule has 1 nitrogen and oxygen atoms in total. The smallest absolute Gasteiger partial charge is 0.160 e. The van der Waals surface area contributed by atoms with Crippen molar-refractivity contribution in [1.82, 2.24) is 0 Å². The average Bonchev–Trinajstić information content (AvgIpc) is 2.43. The van der Waals surface area contributed by atoms with Gasteiger partial charge >= 0.3 is 0 Å². The number of aldehydes is 1. The third-order valence-electron chi connectivity index (χ3n) is 1.69. The lowest BCUT2D eigenvalue weighted by Crippen LogP contribution is -1.80. The lowest BCUT2D eigenvalue weighted by atomic mass is 10.1. The minimum absolute atomic E-state index is 0.813. The zero-order chi connectivity index (χ0) is 8.97. The third-order valence-corrected chi connectivity index (χ3v) is 3.58. The summed E-state index contributed by atoms with van der Waals surface area (Å²) < 4.78 is 1.11. The molecule has 0 atom stereocenters. The van der Waals surface area contributed by atoms with E-state index in [1.54, 1.807) is 0 Å². The summed E-state index contributed by atoms with van der Waals surface area (Å²) in [6, 6.07) is 1.97. The Labute approximate surface area is 84.9 Å². The Kier molecular flexibility index (Phi) is 3.95. The highest BCUT2D eigenvalue weighted by Gasteiger charge is 2.04. The van der Waals surface area contributed by atoms with Gasteiger partial charge in [-0.2, -0.15) is 0 Å². The van der Waals surface area contributed by atoms with Gasteiger partial charge in [0.15, 0.2) is 6.29 Å². The van der Waals surface area contributed by atoms with Crippen LogP contribution in [0.2, 0.25) is 0 Å². The van der Waals surface area contributed by atoms with E-state index < -0.39 is 0 Å². The maximum absolute atomic E-state index is 10.4. The van der Waals surface area contributed by atoms with Crippen LogP contribution in [-0.2, 0) is 6.42 Å². The molecule has 1 aromatic rings. The van der Waals surface area contributed by atoms with Crippen molar-refractivity contribution in [3.05, 3.63) is 20.3 Å². The number of thiophene rings is 1. The highest BCUT2D eigenvalue weighted by Crippen LogP contribution is 2.28. The molecule has 0 bridgehead atoms. The maximum Gasteiger partial charge on any atom is 0.160 e. The lowest BCUT2D eigenvalue weighted by molar-refractivity contribution is 0.112. The lowest BCUT2D eigenvalue weighted by Gasteiger charge is -1.94. The first-order valence-corrected chi connectivity index (χ1v) is 5.62. The van der Waals surface area contributed by atoms with E-state index in [9.17, 15) is 4.79 Å². The van der Waals surface area contributed by atoms with Crippen LogP contribution in [-0.4, -0.2) is 6.29 Å². The summed E-state index contributed by atoms with van der Waals surface area (Å²) in [5.74, 6) is 0. The van der Waals surface area contributed by atoms with Gasteiger partial charge in [-0.05, 0) is 40.4 Å². The topological polar surface area (TPSA) is 17.1 Å². The summed E-state index contributed by atoms with van der Waals surface area (Å²) in [6.07, 6.45) is 4.36. The first-order chi connectivity index (χ1) is 5.77. The normalized spacial score (nSPS) is 10.2. The van der Waals surface area contributed by atoms with E-state index >= 15 is 0 Å². The molecule has 0 aliphatic carbocycles. The van der Waals surface area contributed by atoms with E-state index in [-0.39, 0.29) is 0 Å². The number of hydrogen-bond donors (Lipinski definition) is 0. The summed E-state index contributed by atoms with van der Waals surface area (Å²) in [4.78, 5) is 11.2. The zero-order valence-electron chi connectivity index (χ0n) is 6.97. The largest absolute Gasteiger partial charge is 0.297 e. The molecule has 1 aromatic heterocycles. The fourth-order valence-electron chi connectivity index (χ4n) is 1.02. The van der Waals surface area contributed by atoms with Crippen molar-refractivity contribution in [3.63, 3.8) is 0 Å². The van der Waals surface area contributed by atoms with E-state index in [0.717, 1.165) is 21.4 Å². The van der Waals surface area contributed by atoms with Crippen LogP contribution in [0.15, 0.2) is 9.85 Å². The van der Waals surface area contributed by atoms with Crippen molar-refractivity contribution in [2.24, 2.45) is 0 Å². The van der Waals surface area contributed by atoms with Crippen molar-refractivity contribution in [2.45, 2.75) is 26.2 Å². The van der Waals surface area contributed by atoms with Crippen LogP contribution in [0.25, 0.3) is 0 Å². The molecule has 0 unspecified atom stereocenters. The standard InChI is InChI=1S/C9H11BrOS/c1-2-3-4-7-5-8(6-11)12-9(7)10/h5-6H,2-4H2,1H3. The van der Waals surface area contributed by atoms with Gasteiger partial charge in [0.05, 0.1) is 8.66 Å². The molecule has 0 fully saturated rings. The maximum atomic E-state index is 10.4. The molecular formula is C9H11BrOS. The van der Waals surface area contributed by atoms with Crippen molar-refractivity contribution >= 4 is 33.6 Å². The number of halogens is 1. The van der Waals surface area contributed by atoms with Gasteiger partial charge in [0.2, 0.25) is 0 Å². The van der Waals surface area contributed by atoms with E-state index in [1.807, 2.05) is 6.07 Å². The molecule has 1 heterocycles. The first kappa shape index (κ1) is 9.93. The average molecular weight is 247 g/mol. The van der Waals surface area contributed by atoms with Crippen molar-refractivity contribution < 1.29 is 4.79 Å². The fourth-order valence-corrected chi connectivity index (χ4v) is 2.64. The fraction of sp³-hybridized carbons (Fsp3) is 0.444. The second kappa shape index (κ2) is 4.77. The first-order valence-electron chi connectivity index (χ1n) is 4.01. The summed E-state index contributed by atoms with van der Waals surface area (Å²) in [5, 5.41) is 0. The van der Waals surface area contributed by atoms with Crippen LogP contribution in [0.1, 0.15) is 35.0 Å². The van der Waals surface area contributed by atoms with Gasteiger partial charge in [-0.25, -0.2) is 0 Å². The number of aryl methyl sites for hydroxylation is 1. The number of rotatable bonds is 4. The van der Waals surface area contributed by atoms with Gasteiger partial charge in [0.25, 0.3) is 0 Å². The number of unbranched alkanes of at least 4 members (excludes halogenated alkanes) is 1. The van der Waals surface area contributed by atoms with Crippen LogP contribution in [0.5, 0.6) is 0 Å². The quantitative estimate of drug-likeness (QED) is 0.742. The zero-order valence-corrected chi connectivity index (χ0v) is 9.37. The Hall–Kier alpha value is -0.150. The Bertz CT molecular complexity index is 267. The van der Waals surface area contributed by atoms with Crippen molar-refractivity contribution in [1.29, 1.82) is 0 Å². The molecule has 66 valence electrons. The molecule has 0 aromatic carbocycles. The van der Waals surface area contributed by atoms with Gasteiger partial charge < -0.3 is 0 Å². The van der Waals surface area contributed by atoms with E-state index in [4.69, 9.17) is 0 Å². The van der Waals surface area contributed by atoms with E-state index in [1.165, 1.54) is 29.7 Å². The SMILES string of the molecule is CCCCc1cc(C=O)sc1Br. The second-order valence-corrected chi connectivity index (χ2v) is 5.07. The number of carbonyl (C=O) groups excluding carboxylic acids is 1. The molecule has 0 amide bonds. The Balaban J connectivity index is 2.70. The molecule has 0 saturated heterocycles. The van der Waals surface area contributed by atoms with Crippen LogP contribution in [0.4, 0.5) is 0 Å². The van der Waals surface area contributed by atoms with Crippen LogP contribution in [0, 0.1) is 0 Å². The number of hydrogen-bond acceptors (Lipinski definition) is 2. The molecule has 0 radical (unpaired) electrons. The molecule has 0 saturated carbocycles. The van der Waals surface area contributed by atoms with Gasteiger partial charge in [-0.3, -0.25) is 4.79 Å². The minimum atomic E-state index is 0.813.